The Balaban J connectivity index is 2.57. The van der Waals surface area contributed by atoms with Crippen molar-refractivity contribution in [1.82, 2.24) is 4.72 Å². The Kier molecular flexibility index (Phi) is 4.90. The quantitative estimate of drug-likeness (QED) is 0.513. The van der Waals surface area contributed by atoms with E-state index in [1.54, 1.807) is 35.1 Å². The molecular weight excluding hydrogens is 338 g/mol. The summed E-state index contributed by atoms with van der Waals surface area (Å²) in [6.45, 7) is -0.367. The molecule has 2 aromatic carbocycles. The minimum absolute atomic E-state index is 0.367. The number of sulfonamides is 1. The fraction of sp³-hybridized carbons (Fsp3) is 0.143. The lowest BCUT2D eigenvalue weighted by atomic mass is 10.2. The van der Waals surface area contributed by atoms with Crippen molar-refractivity contribution in [3.05, 3.63) is 59.2 Å². The van der Waals surface area contributed by atoms with Crippen LogP contribution in [-0.4, -0.2) is 15.5 Å². The number of benzene rings is 2. The van der Waals surface area contributed by atoms with Crippen molar-refractivity contribution < 1.29 is 30.7 Å². The van der Waals surface area contributed by atoms with Gasteiger partial charge < -0.3 is 4.74 Å². The standard InChI is InChI=1S/C14H11F4NO3S/c1-19-23(20,21)14-12(18)10(16)9(15)11(17)13(14)22-7-8-5-3-2-4-6-8/h2-6,19H,7H2,1H3. The van der Waals surface area contributed by atoms with Gasteiger partial charge in [0.2, 0.25) is 21.7 Å². The summed E-state index contributed by atoms with van der Waals surface area (Å²) in [5.41, 5.74) is 0.491. The van der Waals surface area contributed by atoms with E-state index >= 15 is 0 Å². The first kappa shape index (κ1) is 17.2. The van der Waals surface area contributed by atoms with Crippen molar-refractivity contribution >= 4 is 10.0 Å². The molecule has 0 fully saturated rings. The molecule has 124 valence electrons. The van der Waals surface area contributed by atoms with Gasteiger partial charge in [-0.15, -0.1) is 0 Å². The van der Waals surface area contributed by atoms with Crippen molar-refractivity contribution in [2.75, 3.05) is 7.05 Å². The van der Waals surface area contributed by atoms with Gasteiger partial charge in [-0.1, -0.05) is 30.3 Å². The highest BCUT2D eigenvalue weighted by Crippen LogP contribution is 2.34. The number of halogens is 4. The molecule has 0 aliphatic carbocycles. The van der Waals surface area contributed by atoms with Crippen LogP contribution in [-0.2, 0) is 16.6 Å². The Hall–Kier alpha value is -2.13. The van der Waals surface area contributed by atoms with Gasteiger partial charge >= 0.3 is 0 Å². The largest absolute Gasteiger partial charge is 0.484 e. The van der Waals surface area contributed by atoms with E-state index in [0.29, 0.717) is 5.56 Å². The van der Waals surface area contributed by atoms with E-state index in [1.807, 2.05) is 0 Å². The lowest BCUT2D eigenvalue weighted by Crippen LogP contribution is -2.23. The maximum Gasteiger partial charge on any atom is 0.247 e. The molecule has 0 amide bonds. The first-order valence-electron chi connectivity index (χ1n) is 6.25. The third kappa shape index (κ3) is 3.30. The van der Waals surface area contributed by atoms with Gasteiger partial charge in [0.25, 0.3) is 0 Å². The molecule has 0 aliphatic rings. The van der Waals surface area contributed by atoms with Crippen LogP contribution in [0.2, 0.25) is 0 Å². The van der Waals surface area contributed by atoms with Gasteiger partial charge in [-0.25, -0.2) is 26.3 Å². The Labute approximate surface area is 129 Å². The Morgan fingerprint density at radius 2 is 1.52 bits per heavy atom. The Bertz CT molecular complexity index is 826. The molecule has 0 atom stereocenters. The van der Waals surface area contributed by atoms with Crippen LogP contribution >= 0.6 is 0 Å². The zero-order chi connectivity index (χ0) is 17.2. The second-order valence-corrected chi connectivity index (χ2v) is 6.22. The smallest absolute Gasteiger partial charge is 0.247 e. The van der Waals surface area contributed by atoms with Gasteiger partial charge in [0, 0.05) is 0 Å². The van der Waals surface area contributed by atoms with Crippen LogP contribution in [0.3, 0.4) is 0 Å². The molecule has 23 heavy (non-hydrogen) atoms. The molecule has 0 saturated carbocycles. The van der Waals surface area contributed by atoms with E-state index in [-0.39, 0.29) is 6.61 Å². The zero-order valence-corrected chi connectivity index (χ0v) is 12.6. The first-order chi connectivity index (χ1) is 10.8. The third-order valence-electron chi connectivity index (χ3n) is 2.95. The molecule has 1 N–H and O–H groups in total. The molecule has 2 rings (SSSR count). The van der Waals surface area contributed by atoms with Crippen LogP contribution in [0.5, 0.6) is 5.75 Å². The molecule has 0 unspecified atom stereocenters. The van der Waals surface area contributed by atoms with Gasteiger partial charge in [0.05, 0.1) is 0 Å². The fourth-order valence-corrected chi connectivity index (χ4v) is 2.71. The van der Waals surface area contributed by atoms with Crippen LogP contribution in [0.1, 0.15) is 5.56 Å². The van der Waals surface area contributed by atoms with Crippen LogP contribution in [0, 0.1) is 23.3 Å². The van der Waals surface area contributed by atoms with Crippen LogP contribution in [0.25, 0.3) is 0 Å². The maximum absolute atomic E-state index is 13.9. The van der Waals surface area contributed by atoms with Gasteiger partial charge in [-0.05, 0) is 12.6 Å². The second kappa shape index (κ2) is 6.55. The fourth-order valence-electron chi connectivity index (χ4n) is 1.79. The molecule has 0 saturated heterocycles. The predicted octanol–water partition coefficient (Wildman–Crippen LogP) is 2.73. The summed E-state index contributed by atoms with van der Waals surface area (Å²) in [4.78, 5) is -1.42. The molecule has 0 aromatic heterocycles. The lowest BCUT2D eigenvalue weighted by molar-refractivity contribution is 0.263. The van der Waals surface area contributed by atoms with Crippen molar-refractivity contribution in [3.63, 3.8) is 0 Å². The van der Waals surface area contributed by atoms with Gasteiger partial charge in [-0.3, -0.25) is 0 Å². The Morgan fingerprint density at radius 3 is 2.09 bits per heavy atom. The van der Waals surface area contributed by atoms with E-state index in [0.717, 1.165) is 7.05 Å². The first-order valence-corrected chi connectivity index (χ1v) is 7.74. The van der Waals surface area contributed by atoms with E-state index in [4.69, 9.17) is 4.74 Å². The number of nitrogens with one attached hydrogen (secondary N) is 1. The maximum atomic E-state index is 13.9. The molecule has 2 aromatic rings. The van der Waals surface area contributed by atoms with Crippen molar-refractivity contribution in [2.24, 2.45) is 0 Å². The molecule has 0 bridgehead atoms. The highest BCUT2D eigenvalue weighted by molar-refractivity contribution is 7.89. The minimum Gasteiger partial charge on any atom is -0.484 e. The summed E-state index contributed by atoms with van der Waals surface area (Å²) >= 11 is 0. The minimum atomic E-state index is -4.62. The molecule has 0 heterocycles. The third-order valence-corrected chi connectivity index (χ3v) is 4.39. The topological polar surface area (TPSA) is 55.4 Å². The van der Waals surface area contributed by atoms with Crippen LogP contribution in [0.4, 0.5) is 17.6 Å². The SMILES string of the molecule is CNS(=O)(=O)c1c(F)c(F)c(F)c(F)c1OCc1ccccc1. The molecule has 0 radical (unpaired) electrons. The summed E-state index contributed by atoms with van der Waals surface area (Å²) in [6, 6.07) is 8.09. The van der Waals surface area contributed by atoms with Gasteiger partial charge in [-0.2, -0.15) is 4.39 Å². The van der Waals surface area contributed by atoms with E-state index < -0.39 is 43.9 Å². The van der Waals surface area contributed by atoms with Crippen molar-refractivity contribution in [2.45, 2.75) is 11.5 Å². The molecule has 4 nitrogen and oxygen atoms in total. The summed E-state index contributed by atoms with van der Waals surface area (Å²) in [7, 11) is -3.71. The zero-order valence-electron chi connectivity index (χ0n) is 11.7. The summed E-state index contributed by atoms with van der Waals surface area (Å²) < 4.78 is 84.6. The summed E-state index contributed by atoms with van der Waals surface area (Å²) in [5.74, 6) is -9.58. The van der Waals surface area contributed by atoms with E-state index in [9.17, 15) is 26.0 Å². The normalized spacial score (nSPS) is 11.5. The lowest BCUT2D eigenvalue weighted by Gasteiger charge is -2.14. The van der Waals surface area contributed by atoms with Crippen LogP contribution < -0.4 is 9.46 Å². The molecule has 9 heteroatoms. The van der Waals surface area contributed by atoms with E-state index in [1.165, 1.54) is 0 Å². The second-order valence-electron chi connectivity index (χ2n) is 4.40. The number of hydrogen-bond donors (Lipinski definition) is 1. The van der Waals surface area contributed by atoms with Crippen molar-refractivity contribution in [1.29, 1.82) is 0 Å². The van der Waals surface area contributed by atoms with Crippen LogP contribution in [0.15, 0.2) is 35.2 Å². The predicted molar refractivity (Wildman–Crippen MR) is 73.3 cm³/mol. The highest BCUT2D eigenvalue weighted by atomic mass is 32.2. The van der Waals surface area contributed by atoms with Gasteiger partial charge in [0.1, 0.15) is 6.61 Å². The monoisotopic (exact) mass is 349 g/mol. The van der Waals surface area contributed by atoms with Crippen molar-refractivity contribution in [3.8, 4) is 5.75 Å². The molecular formula is C14H11F4NO3S. The summed E-state index contributed by atoms with van der Waals surface area (Å²) in [5, 5.41) is 0. The molecule has 0 aliphatic heterocycles. The number of ether oxygens (including phenoxy) is 1. The number of hydrogen-bond acceptors (Lipinski definition) is 3. The highest BCUT2D eigenvalue weighted by Gasteiger charge is 2.33. The molecule has 0 spiro atoms. The Morgan fingerprint density at radius 1 is 0.957 bits per heavy atom. The summed E-state index contributed by atoms with van der Waals surface area (Å²) in [6.07, 6.45) is 0. The average molecular weight is 349 g/mol. The van der Waals surface area contributed by atoms with Gasteiger partial charge in [0.15, 0.2) is 22.3 Å². The number of rotatable bonds is 5. The van der Waals surface area contributed by atoms with E-state index in [2.05, 4.69) is 0 Å². The average Bonchev–Trinajstić information content (AvgIpc) is 2.55.